The number of ether oxygens (including phenoxy) is 3. The number of nitrogens with one attached hydrogen (secondary N) is 1. The second kappa shape index (κ2) is 11.2. The van der Waals surface area contributed by atoms with Gasteiger partial charge in [0.2, 0.25) is 0 Å². The number of amides is 1. The maximum absolute atomic E-state index is 13.4. The fourth-order valence-corrected chi connectivity index (χ4v) is 4.54. The summed E-state index contributed by atoms with van der Waals surface area (Å²) in [6, 6.07) is 13.8. The van der Waals surface area contributed by atoms with E-state index in [0.29, 0.717) is 24.7 Å². The molecule has 0 fully saturated rings. The van der Waals surface area contributed by atoms with Crippen LogP contribution in [0.2, 0.25) is 0 Å². The van der Waals surface area contributed by atoms with Crippen LogP contribution in [0.15, 0.2) is 42.5 Å². The summed E-state index contributed by atoms with van der Waals surface area (Å²) in [6.45, 7) is 1.33. The highest BCUT2D eigenvalue weighted by Gasteiger charge is 2.25. The molecule has 1 aromatic heterocycles. The molecule has 2 aromatic carbocycles. The maximum atomic E-state index is 13.4. The van der Waals surface area contributed by atoms with Crippen molar-refractivity contribution in [3.63, 3.8) is 0 Å². The fourth-order valence-electron chi connectivity index (χ4n) is 4.54. The fraction of sp³-hybridized carbons (Fsp3) is 0.357. The quantitative estimate of drug-likeness (QED) is 0.440. The van der Waals surface area contributed by atoms with Gasteiger partial charge in [-0.1, -0.05) is 24.3 Å². The number of rotatable bonds is 9. The lowest BCUT2D eigenvalue weighted by Gasteiger charge is -2.23. The molecule has 178 valence electrons. The molecule has 0 spiro atoms. The van der Waals surface area contributed by atoms with Crippen LogP contribution in [0.5, 0.6) is 11.5 Å². The number of hydrogen-bond acceptors (Lipinski definition) is 5. The molecule has 6 nitrogen and oxygen atoms in total. The Morgan fingerprint density at radius 3 is 2.65 bits per heavy atom. The molecule has 0 aliphatic heterocycles. The zero-order valence-electron chi connectivity index (χ0n) is 20.1. The van der Waals surface area contributed by atoms with E-state index in [4.69, 9.17) is 19.2 Å². The van der Waals surface area contributed by atoms with Gasteiger partial charge in [0.25, 0.3) is 5.91 Å². The Labute approximate surface area is 200 Å². The minimum atomic E-state index is -0.0281. The maximum Gasteiger partial charge on any atom is 0.252 e. The van der Waals surface area contributed by atoms with E-state index in [9.17, 15) is 4.79 Å². The first-order valence-corrected chi connectivity index (χ1v) is 11.8. The van der Waals surface area contributed by atoms with E-state index in [0.717, 1.165) is 71.0 Å². The molecule has 1 heterocycles. The van der Waals surface area contributed by atoms with Crippen LogP contribution in [-0.4, -0.2) is 45.4 Å². The van der Waals surface area contributed by atoms with Gasteiger partial charge in [-0.15, -0.1) is 0 Å². The van der Waals surface area contributed by atoms with Gasteiger partial charge in [-0.3, -0.25) is 4.79 Å². The zero-order valence-corrected chi connectivity index (χ0v) is 20.1. The molecule has 4 rings (SSSR count). The summed E-state index contributed by atoms with van der Waals surface area (Å²) in [7, 11) is 4.96. The zero-order chi connectivity index (χ0) is 23.9. The molecule has 1 aliphatic rings. The van der Waals surface area contributed by atoms with Crippen LogP contribution in [0, 0.1) is 0 Å². The molecule has 0 saturated heterocycles. The SMILES string of the molecule is COCCCCNC(=O)c1c2c(nc3ccccc13)/C(=C\c1ccc(OC)c(OC)c1)CCC2. The van der Waals surface area contributed by atoms with E-state index in [2.05, 4.69) is 11.4 Å². The number of carbonyl (C=O) groups is 1. The van der Waals surface area contributed by atoms with Crippen molar-refractivity contribution in [3.8, 4) is 11.5 Å². The van der Waals surface area contributed by atoms with Crippen molar-refractivity contribution in [1.29, 1.82) is 0 Å². The molecule has 0 radical (unpaired) electrons. The van der Waals surface area contributed by atoms with Gasteiger partial charge in [-0.25, -0.2) is 4.98 Å². The highest BCUT2D eigenvalue weighted by molar-refractivity contribution is 6.09. The highest BCUT2D eigenvalue weighted by atomic mass is 16.5. The molecule has 1 N–H and O–H groups in total. The Morgan fingerprint density at radius 1 is 1.03 bits per heavy atom. The van der Waals surface area contributed by atoms with E-state index < -0.39 is 0 Å². The van der Waals surface area contributed by atoms with Crippen LogP contribution in [0.1, 0.15) is 52.9 Å². The van der Waals surface area contributed by atoms with Gasteiger partial charge in [0.15, 0.2) is 11.5 Å². The summed E-state index contributed by atoms with van der Waals surface area (Å²) in [5.41, 5.74) is 5.69. The number of fused-ring (bicyclic) bond motifs is 2. The number of nitrogens with zero attached hydrogens (tertiary/aromatic N) is 1. The number of methoxy groups -OCH3 is 3. The number of carbonyl (C=O) groups excluding carboxylic acids is 1. The van der Waals surface area contributed by atoms with Crippen molar-refractivity contribution >= 4 is 28.5 Å². The molecule has 0 unspecified atom stereocenters. The molecule has 6 heteroatoms. The molecule has 1 amide bonds. The van der Waals surface area contributed by atoms with Crippen molar-refractivity contribution < 1.29 is 19.0 Å². The van der Waals surface area contributed by atoms with Gasteiger partial charge in [0, 0.05) is 25.6 Å². The normalized spacial score (nSPS) is 14.1. The number of para-hydroxylation sites is 1. The number of aromatic nitrogens is 1. The molecule has 1 aliphatic carbocycles. The van der Waals surface area contributed by atoms with Crippen LogP contribution in [-0.2, 0) is 11.2 Å². The smallest absolute Gasteiger partial charge is 0.252 e. The Hall–Kier alpha value is -3.38. The van der Waals surface area contributed by atoms with E-state index in [1.165, 1.54) is 0 Å². The van der Waals surface area contributed by atoms with Crippen LogP contribution in [0.25, 0.3) is 22.6 Å². The van der Waals surface area contributed by atoms with Crippen molar-refractivity contribution in [2.24, 2.45) is 0 Å². The largest absolute Gasteiger partial charge is 0.493 e. The van der Waals surface area contributed by atoms with Crippen LogP contribution in [0.4, 0.5) is 0 Å². The van der Waals surface area contributed by atoms with Crippen molar-refractivity contribution in [2.75, 3.05) is 34.5 Å². The second-order valence-electron chi connectivity index (χ2n) is 8.42. The Kier molecular flexibility index (Phi) is 7.80. The number of hydrogen-bond donors (Lipinski definition) is 1. The van der Waals surface area contributed by atoms with Crippen molar-refractivity contribution in [2.45, 2.75) is 32.1 Å². The number of allylic oxidation sites excluding steroid dienone is 1. The van der Waals surface area contributed by atoms with Crippen molar-refractivity contribution in [1.82, 2.24) is 10.3 Å². The summed E-state index contributed by atoms with van der Waals surface area (Å²) < 4.78 is 16.0. The summed E-state index contributed by atoms with van der Waals surface area (Å²) in [5.74, 6) is 1.36. The average Bonchev–Trinajstić information content (AvgIpc) is 2.87. The average molecular weight is 461 g/mol. The molecular formula is C28H32N2O4. The lowest BCUT2D eigenvalue weighted by atomic mass is 9.85. The first-order valence-electron chi connectivity index (χ1n) is 11.8. The lowest BCUT2D eigenvalue weighted by Crippen LogP contribution is -2.27. The minimum absolute atomic E-state index is 0.0281. The monoisotopic (exact) mass is 460 g/mol. The Morgan fingerprint density at radius 2 is 1.85 bits per heavy atom. The third-order valence-corrected chi connectivity index (χ3v) is 6.21. The summed E-state index contributed by atoms with van der Waals surface area (Å²) in [6.07, 6.45) is 6.67. The van der Waals surface area contributed by atoms with Gasteiger partial charge < -0.3 is 19.5 Å². The highest BCUT2D eigenvalue weighted by Crippen LogP contribution is 2.37. The van der Waals surface area contributed by atoms with Gasteiger partial charge in [0.05, 0.1) is 31.0 Å². The Balaban J connectivity index is 1.74. The summed E-state index contributed by atoms with van der Waals surface area (Å²) in [4.78, 5) is 18.4. The number of benzene rings is 2. The topological polar surface area (TPSA) is 69.7 Å². The summed E-state index contributed by atoms with van der Waals surface area (Å²) in [5, 5.41) is 4.03. The number of unbranched alkanes of at least 4 members (excludes halogenated alkanes) is 1. The first kappa shape index (κ1) is 23.8. The van der Waals surface area contributed by atoms with Crippen LogP contribution < -0.4 is 14.8 Å². The molecular weight excluding hydrogens is 428 g/mol. The Bertz CT molecular complexity index is 1200. The van der Waals surface area contributed by atoms with E-state index in [1.54, 1.807) is 21.3 Å². The molecule has 0 atom stereocenters. The van der Waals surface area contributed by atoms with Crippen LogP contribution >= 0.6 is 0 Å². The predicted molar refractivity (Wildman–Crippen MR) is 136 cm³/mol. The number of pyridine rings is 1. The molecule has 0 bridgehead atoms. The first-order chi connectivity index (χ1) is 16.7. The predicted octanol–water partition coefficient (Wildman–Crippen LogP) is 5.29. The molecule has 0 saturated carbocycles. The lowest BCUT2D eigenvalue weighted by molar-refractivity contribution is 0.0952. The van der Waals surface area contributed by atoms with Gasteiger partial charge >= 0.3 is 0 Å². The second-order valence-corrected chi connectivity index (χ2v) is 8.42. The van der Waals surface area contributed by atoms with Gasteiger partial charge in [-0.2, -0.15) is 0 Å². The van der Waals surface area contributed by atoms with Gasteiger partial charge in [0.1, 0.15) is 0 Å². The third-order valence-electron chi connectivity index (χ3n) is 6.21. The minimum Gasteiger partial charge on any atom is -0.493 e. The van der Waals surface area contributed by atoms with Gasteiger partial charge in [-0.05, 0) is 73.1 Å². The standard InChI is InChI=1S/C28H32N2O4/c1-32-16-7-6-15-29-28(31)26-21-10-4-5-12-23(21)30-27-20(9-8-11-22(26)27)17-19-13-14-24(33-2)25(18-19)34-3/h4-5,10,12-14,17-18H,6-9,11,15-16H2,1-3H3,(H,29,31)/b20-17-. The molecule has 3 aromatic rings. The van der Waals surface area contributed by atoms with Crippen LogP contribution in [0.3, 0.4) is 0 Å². The van der Waals surface area contributed by atoms with E-state index in [-0.39, 0.29) is 5.91 Å². The summed E-state index contributed by atoms with van der Waals surface area (Å²) >= 11 is 0. The third kappa shape index (κ3) is 5.07. The molecule has 34 heavy (non-hydrogen) atoms. The van der Waals surface area contributed by atoms with E-state index in [1.807, 2.05) is 42.5 Å². The van der Waals surface area contributed by atoms with E-state index >= 15 is 0 Å². The van der Waals surface area contributed by atoms with Crippen molar-refractivity contribution in [3.05, 3.63) is 64.8 Å².